The van der Waals surface area contributed by atoms with E-state index >= 15 is 0 Å². The summed E-state index contributed by atoms with van der Waals surface area (Å²) in [5, 5.41) is 7.31. The van der Waals surface area contributed by atoms with E-state index in [1.54, 1.807) is 7.05 Å². The molecule has 0 unspecified atom stereocenters. The van der Waals surface area contributed by atoms with Crippen LogP contribution in [0, 0.1) is 0 Å². The molecule has 0 fully saturated rings. The van der Waals surface area contributed by atoms with Crippen LogP contribution in [0.25, 0.3) is 11.5 Å². The van der Waals surface area contributed by atoms with E-state index in [9.17, 15) is 13.2 Å². The fourth-order valence-corrected chi connectivity index (χ4v) is 1.06. The van der Waals surface area contributed by atoms with Crippen LogP contribution in [0.3, 0.4) is 0 Å². The highest BCUT2D eigenvalue weighted by molar-refractivity contribution is 5.45. The summed E-state index contributed by atoms with van der Waals surface area (Å²) in [6, 6.07) is 0. The summed E-state index contributed by atoms with van der Waals surface area (Å²) in [6.45, 7) is 0. The first kappa shape index (κ1) is 10.5. The summed E-state index contributed by atoms with van der Waals surface area (Å²) < 4.78 is 38.1. The van der Waals surface area contributed by atoms with Crippen molar-refractivity contribution in [1.29, 1.82) is 0 Å². The lowest BCUT2D eigenvalue weighted by atomic mass is 10.3. The highest BCUT2D eigenvalue weighted by Gasteiger charge is 2.31. The molecule has 0 N–H and O–H groups in total. The third kappa shape index (κ3) is 2.00. The van der Waals surface area contributed by atoms with E-state index in [1.165, 1.54) is 10.9 Å². The second-order valence-electron chi connectivity index (χ2n) is 3.07. The Bertz CT molecular complexity index is 487. The molecule has 0 saturated heterocycles. The van der Waals surface area contributed by atoms with Crippen LogP contribution in [0.15, 0.2) is 18.6 Å². The number of aromatic nitrogens is 5. The number of hydrogen-bond donors (Lipinski definition) is 0. The monoisotopic (exact) mass is 229 g/mol. The lowest BCUT2D eigenvalue weighted by Crippen LogP contribution is -2.06. The zero-order valence-electron chi connectivity index (χ0n) is 8.10. The van der Waals surface area contributed by atoms with Crippen LogP contribution in [0.5, 0.6) is 0 Å². The second kappa shape index (κ2) is 3.54. The molecule has 0 bridgehead atoms. The van der Waals surface area contributed by atoms with Gasteiger partial charge in [0.2, 0.25) is 0 Å². The molecule has 2 rings (SSSR count). The van der Waals surface area contributed by atoms with Crippen LogP contribution in [-0.2, 0) is 13.2 Å². The topological polar surface area (TPSA) is 56.5 Å². The summed E-state index contributed by atoms with van der Waals surface area (Å²) in [6.07, 6.45) is -1.47. The van der Waals surface area contributed by atoms with Crippen molar-refractivity contribution in [3.8, 4) is 11.5 Å². The van der Waals surface area contributed by atoms with Crippen molar-refractivity contribution >= 4 is 0 Å². The quantitative estimate of drug-likeness (QED) is 0.739. The van der Waals surface area contributed by atoms with Gasteiger partial charge in [-0.25, -0.2) is 9.97 Å². The van der Waals surface area contributed by atoms with E-state index in [0.29, 0.717) is 5.69 Å². The Morgan fingerprint density at radius 1 is 1.19 bits per heavy atom. The Morgan fingerprint density at radius 2 is 1.81 bits per heavy atom. The molecule has 8 heteroatoms. The smallest absolute Gasteiger partial charge is 0.255 e. The lowest BCUT2D eigenvalue weighted by Gasteiger charge is -2.04. The predicted molar refractivity (Wildman–Crippen MR) is 47.0 cm³/mol. The molecule has 0 amide bonds. The van der Waals surface area contributed by atoms with E-state index in [2.05, 4.69) is 20.3 Å². The van der Waals surface area contributed by atoms with Gasteiger partial charge >= 0.3 is 6.18 Å². The Hall–Kier alpha value is -1.99. The van der Waals surface area contributed by atoms with Gasteiger partial charge in [-0.3, -0.25) is 4.68 Å². The van der Waals surface area contributed by atoms with Crippen molar-refractivity contribution in [2.24, 2.45) is 7.05 Å². The van der Waals surface area contributed by atoms with Crippen LogP contribution in [-0.4, -0.2) is 25.0 Å². The fraction of sp³-hybridized carbons (Fsp3) is 0.250. The van der Waals surface area contributed by atoms with Gasteiger partial charge in [0.25, 0.3) is 0 Å². The predicted octanol–water partition coefficient (Wildman–Crippen LogP) is 1.29. The molecule has 0 aliphatic carbocycles. The normalized spacial score (nSPS) is 11.8. The Morgan fingerprint density at radius 3 is 2.25 bits per heavy atom. The van der Waals surface area contributed by atoms with Crippen LogP contribution in [0.4, 0.5) is 13.2 Å². The lowest BCUT2D eigenvalue weighted by molar-refractivity contribution is -0.138. The van der Waals surface area contributed by atoms with E-state index < -0.39 is 11.7 Å². The van der Waals surface area contributed by atoms with Gasteiger partial charge in [-0.1, -0.05) is 5.21 Å². The van der Waals surface area contributed by atoms with Crippen molar-refractivity contribution in [3.05, 3.63) is 24.2 Å². The molecule has 0 aliphatic rings. The standard InChI is InChI=1S/C8H6F3N5/c1-16-4-6(14-15-16)7-12-2-5(3-13-7)8(9,10)11/h2-4H,1H3. The van der Waals surface area contributed by atoms with Gasteiger partial charge in [0.15, 0.2) is 5.82 Å². The maximum atomic E-state index is 12.2. The molecule has 0 atom stereocenters. The van der Waals surface area contributed by atoms with Crippen molar-refractivity contribution in [1.82, 2.24) is 25.0 Å². The van der Waals surface area contributed by atoms with E-state index in [4.69, 9.17) is 0 Å². The molecule has 16 heavy (non-hydrogen) atoms. The molecule has 2 heterocycles. The van der Waals surface area contributed by atoms with Gasteiger partial charge < -0.3 is 0 Å². The van der Waals surface area contributed by atoms with Crippen molar-refractivity contribution in [2.45, 2.75) is 6.18 Å². The number of halogens is 3. The molecule has 5 nitrogen and oxygen atoms in total. The van der Waals surface area contributed by atoms with E-state index in [0.717, 1.165) is 12.4 Å². The van der Waals surface area contributed by atoms with E-state index in [1.807, 2.05) is 0 Å². The van der Waals surface area contributed by atoms with Crippen LogP contribution >= 0.6 is 0 Å². The third-order valence-corrected chi connectivity index (χ3v) is 1.81. The zero-order chi connectivity index (χ0) is 11.8. The molecule has 84 valence electrons. The van der Waals surface area contributed by atoms with Gasteiger partial charge in [-0.15, -0.1) is 5.10 Å². The molecule has 0 spiro atoms. The first-order valence-electron chi connectivity index (χ1n) is 4.23. The Kier molecular flexibility index (Phi) is 2.33. The summed E-state index contributed by atoms with van der Waals surface area (Å²) in [4.78, 5) is 7.16. The Balaban J connectivity index is 2.33. The average molecular weight is 229 g/mol. The first-order valence-corrected chi connectivity index (χ1v) is 4.23. The van der Waals surface area contributed by atoms with Gasteiger partial charge in [0.1, 0.15) is 5.69 Å². The first-order chi connectivity index (χ1) is 7.47. The van der Waals surface area contributed by atoms with Gasteiger partial charge in [-0.2, -0.15) is 13.2 Å². The molecular formula is C8H6F3N5. The second-order valence-corrected chi connectivity index (χ2v) is 3.07. The van der Waals surface area contributed by atoms with E-state index in [-0.39, 0.29) is 5.82 Å². The molecule has 0 radical (unpaired) electrons. The number of alkyl halides is 3. The fourth-order valence-electron chi connectivity index (χ4n) is 1.06. The highest BCUT2D eigenvalue weighted by Crippen LogP contribution is 2.28. The summed E-state index contributed by atoms with van der Waals surface area (Å²) in [5.74, 6) is 0.112. The number of nitrogens with zero attached hydrogens (tertiary/aromatic N) is 5. The van der Waals surface area contributed by atoms with Gasteiger partial charge in [0.05, 0.1) is 11.8 Å². The minimum Gasteiger partial charge on any atom is -0.255 e. The van der Waals surface area contributed by atoms with Crippen LogP contribution in [0.2, 0.25) is 0 Å². The minimum atomic E-state index is -4.43. The van der Waals surface area contributed by atoms with Gasteiger partial charge in [0, 0.05) is 19.4 Å². The molecule has 0 saturated carbocycles. The molecule has 2 aromatic heterocycles. The molecule has 0 aliphatic heterocycles. The Labute approximate surface area is 87.9 Å². The largest absolute Gasteiger partial charge is 0.419 e. The summed E-state index contributed by atoms with van der Waals surface area (Å²) >= 11 is 0. The zero-order valence-corrected chi connectivity index (χ0v) is 8.10. The minimum absolute atomic E-state index is 0.112. The molecular weight excluding hydrogens is 223 g/mol. The van der Waals surface area contributed by atoms with Crippen LogP contribution in [0.1, 0.15) is 5.56 Å². The third-order valence-electron chi connectivity index (χ3n) is 1.81. The molecule has 2 aromatic rings. The van der Waals surface area contributed by atoms with Crippen LogP contribution < -0.4 is 0 Å². The van der Waals surface area contributed by atoms with Crippen molar-refractivity contribution < 1.29 is 13.2 Å². The molecule has 0 aromatic carbocycles. The number of hydrogen-bond acceptors (Lipinski definition) is 4. The summed E-state index contributed by atoms with van der Waals surface area (Å²) in [5.41, 5.74) is -0.559. The summed E-state index contributed by atoms with van der Waals surface area (Å²) in [7, 11) is 1.64. The van der Waals surface area contributed by atoms with Crippen molar-refractivity contribution in [3.63, 3.8) is 0 Å². The highest BCUT2D eigenvalue weighted by atomic mass is 19.4. The maximum absolute atomic E-state index is 12.2. The average Bonchev–Trinajstić information content (AvgIpc) is 2.64. The van der Waals surface area contributed by atoms with Crippen molar-refractivity contribution in [2.75, 3.05) is 0 Å². The maximum Gasteiger partial charge on any atom is 0.419 e. The SMILES string of the molecule is Cn1cc(-c2ncc(C(F)(F)F)cn2)nn1. The number of rotatable bonds is 1. The van der Waals surface area contributed by atoms with Gasteiger partial charge in [-0.05, 0) is 0 Å². The number of aryl methyl sites for hydroxylation is 1.